The average molecular weight is 294 g/mol. The molecule has 1 rings (SSSR count). The van der Waals surface area contributed by atoms with Crippen LogP contribution in [0.1, 0.15) is 30.9 Å². The number of nitrogens with zero attached hydrogens (tertiary/aromatic N) is 1. The minimum absolute atomic E-state index is 0.159. The maximum Gasteiger partial charge on any atom is 0.335 e. The monoisotopic (exact) mass is 294 g/mol. The van der Waals surface area contributed by atoms with Gasteiger partial charge in [-0.1, -0.05) is 19.1 Å². The van der Waals surface area contributed by atoms with Gasteiger partial charge in [-0.15, -0.1) is 0 Å². The summed E-state index contributed by atoms with van der Waals surface area (Å²) in [5.74, 6) is 5.21. The number of carbonyl (C=O) groups excluding carboxylic acids is 2. The summed E-state index contributed by atoms with van der Waals surface area (Å²) in [6.07, 6.45) is 1.17. The molecule has 0 saturated heterocycles. The fraction of sp³-hybridized carbons (Fsp3) is 0.429. The van der Waals surface area contributed by atoms with Crippen LogP contribution < -0.4 is 16.6 Å². The van der Waals surface area contributed by atoms with Gasteiger partial charge in [-0.05, 0) is 25.0 Å². The molecule has 0 atom stereocenters. The number of amides is 3. The van der Waals surface area contributed by atoms with Crippen molar-refractivity contribution < 1.29 is 14.4 Å². The Bertz CT molecular complexity index is 503. The van der Waals surface area contributed by atoms with Gasteiger partial charge < -0.3 is 5.32 Å². The molecule has 7 heteroatoms. The largest absolute Gasteiger partial charge is 0.335 e. The molecule has 0 spiro atoms. The summed E-state index contributed by atoms with van der Waals surface area (Å²) in [5, 5.41) is 3.64. The minimum atomic E-state index is -0.433. The lowest BCUT2D eigenvalue weighted by atomic mass is 10.1. The molecule has 3 amide bonds. The Morgan fingerprint density at radius 3 is 2.71 bits per heavy atom. The Kier molecular flexibility index (Phi) is 6.64. The summed E-state index contributed by atoms with van der Waals surface area (Å²) in [7, 11) is 1.45. The third kappa shape index (κ3) is 5.41. The van der Waals surface area contributed by atoms with Crippen LogP contribution in [-0.2, 0) is 16.2 Å². The molecule has 0 saturated carbocycles. The van der Waals surface area contributed by atoms with Crippen LogP contribution in [0.25, 0.3) is 0 Å². The van der Waals surface area contributed by atoms with Crippen molar-refractivity contribution >= 4 is 17.6 Å². The predicted molar refractivity (Wildman–Crippen MR) is 80.0 cm³/mol. The third-order valence-electron chi connectivity index (χ3n) is 2.85. The zero-order valence-electron chi connectivity index (χ0n) is 12.6. The molecular formula is C14H22N4O3. The molecule has 0 fully saturated rings. The Balaban J connectivity index is 2.72. The van der Waals surface area contributed by atoms with Crippen LogP contribution in [0.2, 0.25) is 0 Å². The maximum atomic E-state index is 11.6. The average Bonchev–Trinajstić information content (AvgIpc) is 2.42. The fourth-order valence-corrected chi connectivity index (χ4v) is 1.68. The third-order valence-corrected chi connectivity index (χ3v) is 2.85. The summed E-state index contributed by atoms with van der Waals surface area (Å²) in [6, 6.07) is 5.03. The van der Waals surface area contributed by atoms with Crippen LogP contribution in [0, 0.1) is 6.92 Å². The number of carbonyl (C=O) groups is 2. The fourth-order valence-electron chi connectivity index (χ4n) is 1.68. The number of rotatable bonds is 6. The van der Waals surface area contributed by atoms with Gasteiger partial charge in [0.2, 0.25) is 5.91 Å². The lowest BCUT2D eigenvalue weighted by Gasteiger charge is -2.16. The number of nitrogens with two attached hydrogens (primary N) is 1. The number of benzene rings is 1. The van der Waals surface area contributed by atoms with Gasteiger partial charge in [0, 0.05) is 24.7 Å². The number of hydrogen-bond acceptors (Lipinski definition) is 4. The second kappa shape index (κ2) is 8.23. The highest BCUT2D eigenvalue weighted by Crippen LogP contribution is 2.20. The first-order valence-corrected chi connectivity index (χ1v) is 6.74. The van der Waals surface area contributed by atoms with Crippen molar-refractivity contribution in [1.29, 1.82) is 0 Å². The van der Waals surface area contributed by atoms with Crippen LogP contribution in [0.5, 0.6) is 0 Å². The van der Waals surface area contributed by atoms with Crippen LogP contribution in [0.4, 0.5) is 10.5 Å². The van der Waals surface area contributed by atoms with Crippen LogP contribution in [0.3, 0.4) is 0 Å². The van der Waals surface area contributed by atoms with Crippen LogP contribution >= 0.6 is 0 Å². The van der Waals surface area contributed by atoms with Gasteiger partial charge >= 0.3 is 6.03 Å². The zero-order valence-corrected chi connectivity index (χ0v) is 12.6. The number of hydroxylamine groups is 1. The molecule has 116 valence electrons. The molecule has 0 aliphatic rings. The lowest BCUT2D eigenvalue weighted by Crippen LogP contribution is -2.37. The number of urea groups is 1. The standard InChI is InChI=1S/C14H22N4O3/c1-4-6-13(19)17-21-9-11-10(2)7-5-8-12(11)16-14(20)18(3)15/h5,7-8H,4,6,9,15H2,1-3H3,(H,16,20)(H,17,19). The summed E-state index contributed by atoms with van der Waals surface area (Å²) >= 11 is 0. The topological polar surface area (TPSA) is 96.7 Å². The molecule has 0 aromatic heterocycles. The molecular weight excluding hydrogens is 272 g/mol. The minimum Gasteiger partial charge on any atom is -0.306 e. The molecule has 1 aromatic rings. The van der Waals surface area contributed by atoms with Gasteiger partial charge in [-0.25, -0.2) is 16.1 Å². The lowest BCUT2D eigenvalue weighted by molar-refractivity contribution is -0.134. The number of hydrogen-bond donors (Lipinski definition) is 3. The summed E-state index contributed by atoms with van der Waals surface area (Å²) < 4.78 is 0. The van der Waals surface area contributed by atoms with Gasteiger partial charge in [-0.2, -0.15) is 0 Å². The van der Waals surface area contributed by atoms with Gasteiger partial charge in [0.1, 0.15) is 6.61 Å². The molecule has 1 aromatic carbocycles. The van der Waals surface area contributed by atoms with Crippen molar-refractivity contribution in [3.05, 3.63) is 29.3 Å². The second-order valence-electron chi connectivity index (χ2n) is 4.71. The van der Waals surface area contributed by atoms with Crippen molar-refractivity contribution in [1.82, 2.24) is 10.5 Å². The van der Waals surface area contributed by atoms with Crippen molar-refractivity contribution in [2.75, 3.05) is 12.4 Å². The van der Waals surface area contributed by atoms with E-state index in [2.05, 4.69) is 10.8 Å². The normalized spacial score (nSPS) is 10.1. The number of aryl methyl sites for hydroxylation is 1. The molecule has 0 bridgehead atoms. The highest BCUT2D eigenvalue weighted by molar-refractivity contribution is 5.89. The Morgan fingerprint density at radius 2 is 2.10 bits per heavy atom. The smallest absolute Gasteiger partial charge is 0.306 e. The van der Waals surface area contributed by atoms with E-state index in [1.165, 1.54) is 7.05 Å². The Hall–Kier alpha value is -2.12. The van der Waals surface area contributed by atoms with E-state index in [0.717, 1.165) is 22.6 Å². The summed E-state index contributed by atoms with van der Waals surface area (Å²) in [4.78, 5) is 28.2. The van der Waals surface area contributed by atoms with Crippen molar-refractivity contribution in [2.24, 2.45) is 5.84 Å². The molecule has 0 aliphatic heterocycles. The highest BCUT2D eigenvalue weighted by Gasteiger charge is 2.11. The van der Waals surface area contributed by atoms with Crippen LogP contribution in [0.15, 0.2) is 18.2 Å². The van der Waals surface area contributed by atoms with Gasteiger partial charge in [0.25, 0.3) is 0 Å². The number of anilines is 1. The Labute approximate surface area is 124 Å². The molecule has 0 unspecified atom stereocenters. The first kappa shape index (κ1) is 16.9. The van der Waals surface area contributed by atoms with E-state index in [1.54, 1.807) is 6.07 Å². The van der Waals surface area contributed by atoms with E-state index >= 15 is 0 Å². The van der Waals surface area contributed by atoms with Crippen LogP contribution in [-0.4, -0.2) is 24.0 Å². The van der Waals surface area contributed by atoms with Crippen molar-refractivity contribution in [2.45, 2.75) is 33.3 Å². The summed E-state index contributed by atoms with van der Waals surface area (Å²) in [5.41, 5.74) is 4.70. The number of hydrazine groups is 1. The van der Waals surface area contributed by atoms with E-state index in [0.29, 0.717) is 12.1 Å². The van der Waals surface area contributed by atoms with Gasteiger partial charge in [-0.3, -0.25) is 14.6 Å². The van der Waals surface area contributed by atoms with E-state index in [1.807, 2.05) is 26.0 Å². The van der Waals surface area contributed by atoms with E-state index in [-0.39, 0.29) is 12.5 Å². The Morgan fingerprint density at radius 1 is 1.38 bits per heavy atom. The predicted octanol–water partition coefficient (Wildman–Crippen LogP) is 1.68. The summed E-state index contributed by atoms with van der Waals surface area (Å²) in [6.45, 7) is 3.97. The molecule has 21 heavy (non-hydrogen) atoms. The van der Waals surface area contributed by atoms with E-state index < -0.39 is 6.03 Å². The van der Waals surface area contributed by atoms with E-state index in [9.17, 15) is 9.59 Å². The molecule has 0 radical (unpaired) electrons. The first-order valence-electron chi connectivity index (χ1n) is 6.74. The number of nitrogens with one attached hydrogen (secondary N) is 2. The van der Waals surface area contributed by atoms with E-state index in [4.69, 9.17) is 10.7 Å². The SMILES string of the molecule is CCCC(=O)NOCc1c(C)cccc1NC(=O)N(C)N. The van der Waals surface area contributed by atoms with Crippen molar-refractivity contribution in [3.8, 4) is 0 Å². The zero-order chi connectivity index (χ0) is 15.8. The maximum absolute atomic E-state index is 11.6. The molecule has 4 N–H and O–H groups in total. The molecule has 0 heterocycles. The van der Waals surface area contributed by atoms with Gasteiger partial charge in [0.15, 0.2) is 0 Å². The second-order valence-corrected chi connectivity index (χ2v) is 4.71. The van der Waals surface area contributed by atoms with Crippen molar-refractivity contribution in [3.63, 3.8) is 0 Å². The quantitative estimate of drug-likeness (QED) is 0.422. The van der Waals surface area contributed by atoms with Gasteiger partial charge in [0.05, 0.1) is 0 Å². The molecule has 0 aliphatic carbocycles. The first-order chi connectivity index (χ1) is 9.95. The highest BCUT2D eigenvalue weighted by atomic mass is 16.6. The molecule has 7 nitrogen and oxygen atoms in total.